The number of hydrogen-bond donors (Lipinski definition) is 3. The number of benzene rings is 9. The van der Waals surface area contributed by atoms with Crippen molar-refractivity contribution in [3.05, 3.63) is 314 Å². The van der Waals surface area contributed by atoms with Crippen molar-refractivity contribution in [2.75, 3.05) is 19.6 Å². The Bertz CT molecular complexity index is 4610. The van der Waals surface area contributed by atoms with E-state index in [1.54, 1.807) is 42.5 Å². The van der Waals surface area contributed by atoms with E-state index in [-0.39, 0.29) is 29.9 Å². The summed E-state index contributed by atoms with van der Waals surface area (Å²) in [6.45, 7) is 9.29. The van der Waals surface area contributed by atoms with E-state index in [9.17, 15) is 9.59 Å². The molecule has 14 heteroatoms. The fraction of sp³-hybridized carbons (Fsp3) is 0.173. The van der Waals surface area contributed by atoms with E-state index in [4.69, 9.17) is 69.6 Å². The third-order valence-electron chi connectivity index (χ3n) is 17.5. The first-order chi connectivity index (χ1) is 43.1. The largest absolute Gasteiger partial charge is 0.357 e. The van der Waals surface area contributed by atoms with Crippen LogP contribution in [0.5, 0.6) is 0 Å². The second-order valence-corrected chi connectivity index (χ2v) is 25.9. The van der Waals surface area contributed by atoms with Crippen LogP contribution in [0.4, 0.5) is 0 Å². The van der Waals surface area contributed by atoms with Gasteiger partial charge in [-0.15, -0.1) is 0 Å². The molecule has 9 aromatic carbocycles. The number of aromatic nitrogens is 3. The minimum absolute atomic E-state index is 0.0524. The van der Waals surface area contributed by atoms with E-state index in [2.05, 4.69) is 174 Å². The molecule has 6 heterocycles. The second kappa shape index (κ2) is 25.6. The summed E-state index contributed by atoms with van der Waals surface area (Å²) >= 11 is 37.2. The third-order valence-corrected chi connectivity index (χ3v) is 19.3. The van der Waals surface area contributed by atoms with Crippen molar-refractivity contribution < 1.29 is 9.59 Å². The van der Waals surface area contributed by atoms with E-state index in [0.29, 0.717) is 54.4 Å². The number of nitrogens with one attached hydrogen (secondary N) is 3. The molecule has 89 heavy (non-hydrogen) atoms. The Kier molecular flexibility index (Phi) is 17.3. The molecule has 3 aliphatic rings. The highest BCUT2D eigenvalue weighted by atomic mass is 35.5. The average molecular weight is 1290 g/mol. The molecule has 3 unspecified atom stereocenters. The molecular weight excluding hydrogens is 1230 g/mol. The van der Waals surface area contributed by atoms with Crippen LogP contribution in [0.15, 0.2) is 200 Å². The number of amides is 2. The van der Waals surface area contributed by atoms with Gasteiger partial charge in [-0.2, -0.15) is 0 Å². The summed E-state index contributed by atoms with van der Waals surface area (Å²) in [5.41, 5.74) is 20.1. The van der Waals surface area contributed by atoms with Gasteiger partial charge in [0.1, 0.15) is 0 Å². The van der Waals surface area contributed by atoms with E-state index < -0.39 is 0 Å². The number of para-hydroxylation sites is 3. The van der Waals surface area contributed by atoms with Gasteiger partial charge < -0.3 is 24.8 Å². The van der Waals surface area contributed by atoms with Crippen molar-refractivity contribution in [3.63, 3.8) is 0 Å². The predicted octanol–water partition coefficient (Wildman–Crippen LogP) is 20.1. The molecule has 3 aliphatic heterocycles. The molecule has 0 radical (unpaired) electrons. The minimum atomic E-state index is -0.207. The molecule has 0 saturated carbocycles. The van der Waals surface area contributed by atoms with Crippen molar-refractivity contribution in [2.45, 2.75) is 64.7 Å². The Balaban J connectivity index is 0.000000123. The zero-order valence-corrected chi connectivity index (χ0v) is 53.7. The average Bonchev–Trinajstić information content (AvgIpc) is 1.69. The number of hydrogen-bond acceptors (Lipinski definition) is 3. The summed E-state index contributed by atoms with van der Waals surface area (Å²) in [5.74, 6) is -0.144. The Labute approximate surface area is 547 Å². The van der Waals surface area contributed by atoms with Crippen LogP contribution in [0.3, 0.4) is 0 Å². The van der Waals surface area contributed by atoms with Crippen LogP contribution in [-0.4, -0.2) is 61.1 Å². The highest BCUT2D eigenvalue weighted by molar-refractivity contribution is 6.42. The number of fused-ring (bicyclic) bond motifs is 9. The molecule has 0 bridgehead atoms. The fourth-order valence-corrected chi connectivity index (χ4v) is 14.6. The van der Waals surface area contributed by atoms with E-state index in [1.165, 1.54) is 66.3 Å². The van der Waals surface area contributed by atoms with Crippen LogP contribution >= 0.6 is 69.6 Å². The maximum absolute atomic E-state index is 13.6. The van der Waals surface area contributed by atoms with Crippen LogP contribution in [0.2, 0.25) is 30.1 Å². The number of carbonyl (C=O) groups excluding carboxylic acids is 2. The lowest BCUT2D eigenvalue weighted by molar-refractivity contribution is 0.0685. The number of aromatic amines is 3. The highest BCUT2D eigenvalue weighted by Crippen LogP contribution is 2.43. The molecule has 12 aromatic rings. The molecule has 3 atom stereocenters. The second-order valence-electron chi connectivity index (χ2n) is 23.4. The summed E-state index contributed by atoms with van der Waals surface area (Å²) in [6, 6.07) is 66.6. The number of halogens is 6. The van der Waals surface area contributed by atoms with Gasteiger partial charge in [0, 0.05) is 96.6 Å². The Morgan fingerprint density at radius 3 is 1.29 bits per heavy atom. The number of nitrogens with zero attached hydrogens (tertiary/aromatic N) is 3. The van der Waals surface area contributed by atoms with E-state index in [0.717, 1.165) is 71.5 Å². The summed E-state index contributed by atoms with van der Waals surface area (Å²) in [6.07, 6.45) is 2.61. The lowest BCUT2D eigenvalue weighted by Crippen LogP contribution is -2.40. The molecule has 0 saturated heterocycles. The van der Waals surface area contributed by atoms with Gasteiger partial charge in [0.15, 0.2) is 0 Å². The molecular formula is C75H62Cl6N6O2. The van der Waals surface area contributed by atoms with Crippen LogP contribution in [0.1, 0.15) is 112 Å². The summed E-state index contributed by atoms with van der Waals surface area (Å²) in [7, 11) is 0. The molecule has 2 amide bonds. The zero-order chi connectivity index (χ0) is 61.6. The number of aryl methyl sites for hydroxylation is 3. The molecule has 0 spiro atoms. The van der Waals surface area contributed by atoms with Gasteiger partial charge in [-0.3, -0.25) is 14.5 Å². The van der Waals surface area contributed by atoms with Crippen molar-refractivity contribution in [2.24, 2.45) is 0 Å². The van der Waals surface area contributed by atoms with Gasteiger partial charge in [0.25, 0.3) is 11.8 Å². The molecule has 8 nitrogen and oxygen atoms in total. The smallest absolute Gasteiger partial charge is 0.256 e. The summed E-state index contributed by atoms with van der Waals surface area (Å²) in [5, 5.41) is 6.88. The first-order valence-corrected chi connectivity index (χ1v) is 32.1. The molecule has 0 aliphatic carbocycles. The third kappa shape index (κ3) is 12.3. The standard InChI is InChI=1S/2C25H20Cl2N2O.C25H22Cl2N2/c1-15-6-8-16(9-7-15)24-23-19(18-4-2-3-5-22(18)28-23)12-13-29(24)25(30)20-11-10-17(26)14-21(20)27;1-15-6-8-16(9-7-15)24-23-19(18-4-2-3-5-22(18)28-23)12-13-29(24)25(30)17-10-11-20(26)21(27)14-17;1-16-6-8-18(9-7-16)25-24-22(21-4-2-3-5-23(21)28-24)10-11-29(25)15-17-12-19(26)14-20(27)13-17/h2*2-11,14,24,28H,12-13H2,1H3;2-9,12-14,25,28H,10-11,15H2,1H3. The topological polar surface area (TPSA) is 91.2 Å². The maximum Gasteiger partial charge on any atom is 0.256 e. The molecule has 446 valence electrons. The van der Waals surface area contributed by atoms with Crippen LogP contribution in [0.25, 0.3) is 32.7 Å². The van der Waals surface area contributed by atoms with Gasteiger partial charge in [-0.25, -0.2) is 0 Å². The van der Waals surface area contributed by atoms with Gasteiger partial charge in [0.05, 0.1) is 38.8 Å². The Hall–Kier alpha value is -7.76. The van der Waals surface area contributed by atoms with Gasteiger partial charge in [0.2, 0.25) is 0 Å². The lowest BCUT2D eigenvalue weighted by Gasteiger charge is -2.36. The predicted molar refractivity (Wildman–Crippen MR) is 367 cm³/mol. The SMILES string of the molecule is Cc1ccc(C2c3[nH]c4ccccc4c3CCN2C(=O)c2ccc(Cl)c(Cl)c2)cc1.Cc1ccc(C2c3[nH]c4ccccc4c3CCN2C(=O)c2ccc(Cl)cc2Cl)cc1.Cc1ccc(C2c3[nH]c4ccccc4c3CCN2Cc2cc(Cl)cc(Cl)c2)cc1. The quantitative estimate of drug-likeness (QED) is 0.148. The normalized spacial score (nSPS) is 16.3. The first-order valence-electron chi connectivity index (χ1n) is 29.8. The van der Waals surface area contributed by atoms with E-state index in [1.807, 2.05) is 34.1 Å². The van der Waals surface area contributed by atoms with Crippen LogP contribution in [-0.2, 0) is 25.8 Å². The maximum atomic E-state index is 13.6. The molecule has 0 fully saturated rings. The molecule has 15 rings (SSSR count). The zero-order valence-electron chi connectivity index (χ0n) is 49.2. The van der Waals surface area contributed by atoms with Crippen LogP contribution < -0.4 is 0 Å². The summed E-state index contributed by atoms with van der Waals surface area (Å²) < 4.78 is 0. The highest BCUT2D eigenvalue weighted by Gasteiger charge is 2.38. The number of rotatable bonds is 7. The fourth-order valence-electron chi connectivity index (χ4n) is 13.2. The van der Waals surface area contributed by atoms with Crippen molar-refractivity contribution in [1.29, 1.82) is 0 Å². The van der Waals surface area contributed by atoms with Crippen molar-refractivity contribution in [3.8, 4) is 0 Å². The minimum Gasteiger partial charge on any atom is -0.357 e. The number of H-pyrrole nitrogens is 3. The summed E-state index contributed by atoms with van der Waals surface area (Å²) in [4.78, 5) is 44.4. The van der Waals surface area contributed by atoms with Gasteiger partial charge >= 0.3 is 0 Å². The van der Waals surface area contributed by atoms with E-state index >= 15 is 0 Å². The Morgan fingerprint density at radius 2 is 0.831 bits per heavy atom. The van der Waals surface area contributed by atoms with Gasteiger partial charge in [-0.05, 0) is 152 Å². The Morgan fingerprint density at radius 1 is 0.404 bits per heavy atom. The van der Waals surface area contributed by atoms with Crippen molar-refractivity contribution >= 4 is 114 Å². The van der Waals surface area contributed by atoms with Gasteiger partial charge in [-0.1, -0.05) is 214 Å². The van der Waals surface area contributed by atoms with Crippen LogP contribution in [0, 0.1) is 20.8 Å². The molecule has 3 aromatic heterocycles. The first kappa shape index (κ1) is 60.2. The van der Waals surface area contributed by atoms with Crippen molar-refractivity contribution in [1.82, 2.24) is 29.7 Å². The lowest BCUT2D eigenvalue weighted by atomic mass is 9.91. The monoisotopic (exact) mass is 1290 g/mol. The molecule has 3 N–H and O–H groups in total. The number of carbonyl (C=O) groups is 2.